The van der Waals surface area contributed by atoms with Crippen molar-refractivity contribution in [1.82, 2.24) is 9.55 Å². The molecule has 2 rings (SSSR count). The van der Waals surface area contributed by atoms with Crippen LogP contribution in [0.25, 0.3) is 11.1 Å². The van der Waals surface area contributed by atoms with E-state index in [1.165, 1.54) is 29.2 Å². The van der Waals surface area contributed by atoms with Gasteiger partial charge in [0, 0.05) is 13.2 Å². The minimum atomic E-state index is -0.539. The molecule has 0 saturated heterocycles. The lowest BCUT2D eigenvalue weighted by Gasteiger charge is -2.03. The molecule has 0 aliphatic heterocycles. The monoisotopic (exact) mass is 219 g/mol. The molecule has 4 nitrogen and oxygen atoms in total. The van der Waals surface area contributed by atoms with E-state index in [2.05, 4.69) is 4.98 Å². The fourth-order valence-electron chi connectivity index (χ4n) is 1.40. The predicted octanol–water partition coefficient (Wildman–Crippen LogP) is 1.17. The Bertz CT molecular complexity index is 592. The third-order valence-corrected chi connectivity index (χ3v) is 2.31. The number of aryl methyl sites for hydroxylation is 1. The van der Waals surface area contributed by atoms with Crippen LogP contribution in [0.3, 0.4) is 0 Å². The Morgan fingerprint density at radius 3 is 2.88 bits per heavy atom. The maximum atomic E-state index is 13.2. The zero-order chi connectivity index (χ0) is 11.7. The van der Waals surface area contributed by atoms with Gasteiger partial charge in [0.05, 0.1) is 17.6 Å². The van der Waals surface area contributed by atoms with Crippen molar-refractivity contribution >= 4 is 5.69 Å². The maximum absolute atomic E-state index is 13.2. The molecule has 0 unspecified atom stereocenters. The van der Waals surface area contributed by atoms with Crippen LogP contribution in [0, 0.1) is 5.82 Å². The second-order valence-corrected chi connectivity index (χ2v) is 3.46. The highest BCUT2D eigenvalue weighted by Crippen LogP contribution is 2.19. The van der Waals surface area contributed by atoms with Gasteiger partial charge in [0.1, 0.15) is 5.82 Å². The molecule has 0 radical (unpaired) electrons. The van der Waals surface area contributed by atoms with Crippen LogP contribution in [0.15, 0.2) is 35.5 Å². The van der Waals surface area contributed by atoms with E-state index in [-0.39, 0.29) is 11.2 Å². The predicted molar refractivity (Wildman–Crippen MR) is 59.3 cm³/mol. The van der Waals surface area contributed by atoms with Crippen molar-refractivity contribution < 1.29 is 4.39 Å². The van der Waals surface area contributed by atoms with E-state index < -0.39 is 5.82 Å². The van der Waals surface area contributed by atoms with Crippen molar-refractivity contribution in [1.29, 1.82) is 0 Å². The first-order valence-electron chi connectivity index (χ1n) is 4.65. The summed E-state index contributed by atoms with van der Waals surface area (Å²) in [5, 5.41) is 0. The summed E-state index contributed by atoms with van der Waals surface area (Å²) in [5.74, 6) is -0.539. The minimum Gasteiger partial charge on any atom is -0.396 e. The average molecular weight is 219 g/mol. The highest BCUT2D eigenvalue weighted by molar-refractivity contribution is 5.64. The van der Waals surface area contributed by atoms with Crippen molar-refractivity contribution in [3.05, 3.63) is 46.9 Å². The summed E-state index contributed by atoms with van der Waals surface area (Å²) in [4.78, 5) is 15.6. The average Bonchev–Trinajstić information content (AvgIpc) is 2.26. The van der Waals surface area contributed by atoms with Gasteiger partial charge in [-0.05, 0) is 17.7 Å². The lowest BCUT2D eigenvalue weighted by Crippen LogP contribution is -2.18. The van der Waals surface area contributed by atoms with E-state index in [9.17, 15) is 9.18 Å². The molecule has 1 aromatic carbocycles. The van der Waals surface area contributed by atoms with E-state index in [0.717, 1.165) is 0 Å². The summed E-state index contributed by atoms with van der Waals surface area (Å²) >= 11 is 0. The number of rotatable bonds is 1. The number of benzene rings is 1. The van der Waals surface area contributed by atoms with Gasteiger partial charge in [0.25, 0.3) is 5.56 Å². The van der Waals surface area contributed by atoms with Crippen LogP contribution >= 0.6 is 0 Å². The third-order valence-electron chi connectivity index (χ3n) is 2.31. The van der Waals surface area contributed by atoms with E-state index >= 15 is 0 Å². The number of hydrogen-bond acceptors (Lipinski definition) is 3. The van der Waals surface area contributed by atoms with E-state index in [1.54, 1.807) is 13.1 Å². The van der Waals surface area contributed by atoms with Gasteiger partial charge in [-0.25, -0.2) is 9.37 Å². The fourth-order valence-corrected chi connectivity index (χ4v) is 1.40. The molecule has 0 aliphatic rings. The van der Waals surface area contributed by atoms with Crippen LogP contribution in [0.4, 0.5) is 10.1 Å². The van der Waals surface area contributed by atoms with Crippen molar-refractivity contribution in [2.24, 2.45) is 7.05 Å². The van der Waals surface area contributed by atoms with Crippen LogP contribution in [0.1, 0.15) is 0 Å². The molecule has 1 heterocycles. The summed E-state index contributed by atoms with van der Waals surface area (Å²) in [7, 11) is 1.59. The maximum Gasteiger partial charge on any atom is 0.260 e. The Hall–Kier alpha value is -2.17. The SMILES string of the molecule is Cn1cncc(-c2ccc(N)c(F)c2)c1=O. The minimum absolute atomic E-state index is 0.0597. The van der Waals surface area contributed by atoms with E-state index in [1.807, 2.05) is 0 Å². The lowest BCUT2D eigenvalue weighted by molar-refractivity contribution is 0.633. The fraction of sp³-hybridized carbons (Fsp3) is 0.0909. The Morgan fingerprint density at radius 2 is 2.19 bits per heavy atom. The molecule has 0 bridgehead atoms. The molecule has 82 valence electrons. The number of nitrogens with two attached hydrogens (primary N) is 1. The normalized spacial score (nSPS) is 10.4. The first kappa shape index (κ1) is 10.4. The largest absolute Gasteiger partial charge is 0.396 e. The molecule has 16 heavy (non-hydrogen) atoms. The van der Waals surface area contributed by atoms with Gasteiger partial charge in [-0.15, -0.1) is 0 Å². The van der Waals surface area contributed by atoms with Crippen LogP contribution < -0.4 is 11.3 Å². The molecule has 0 saturated carbocycles. The summed E-state index contributed by atoms with van der Waals surface area (Å²) in [5.41, 5.74) is 6.02. The summed E-state index contributed by atoms with van der Waals surface area (Å²) in [6.45, 7) is 0. The van der Waals surface area contributed by atoms with Crippen molar-refractivity contribution in [3.8, 4) is 11.1 Å². The smallest absolute Gasteiger partial charge is 0.260 e. The Labute approximate surface area is 91.2 Å². The van der Waals surface area contributed by atoms with Gasteiger partial charge in [0.15, 0.2) is 0 Å². The Balaban J connectivity index is 2.64. The standard InChI is InChI=1S/C11H10FN3O/c1-15-6-14-5-8(11(15)16)7-2-3-10(13)9(12)4-7/h2-6H,13H2,1H3. The lowest BCUT2D eigenvalue weighted by atomic mass is 10.1. The zero-order valence-corrected chi connectivity index (χ0v) is 8.64. The summed E-state index contributed by atoms with van der Waals surface area (Å²) < 4.78 is 14.6. The van der Waals surface area contributed by atoms with Gasteiger partial charge in [-0.2, -0.15) is 0 Å². The highest BCUT2D eigenvalue weighted by atomic mass is 19.1. The van der Waals surface area contributed by atoms with Gasteiger partial charge in [-0.1, -0.05) is 6.07 Å². The third kappa shape index (κ3) is 1.67. The molecular weight excluding hydrogens is 209 g/mol. The quantitative estimate of drug-likeness (QED) is 0.732. The number of aromatic nitrogens is 2. The van der Waals surface area contributed by atoms with Gasteiger partial charge < -0.3 is 10.3 Å². The molecule has 0 fully saturated rings. The van der Waals surface area contributed by atoms with Crippen molar-refractivity contribution in [3.63, 3.8) is 0 Å². The summed E-state index contributed by atoms with van der Waals surface area (Å²) in [6, 6.07) is 4.25. The Kier molecular flexibility index (Phi) is 2.44. The number of hydrogen-bond donors (Lipinski definition) is 1. The Morgan fingerprint density at radius 1 is 1.44 bits per heavy atom. The topological polar surface area (TPSA) is 60.9 Å². The number of nitrogen functional groups attached to an aromatic ring is 1. The van der Waals surface area contributed by atoms with E-state index in [4.69, 9.17) is 5.73 Å². The van der Waals surface area contributed by atoms with Crippen LogP contribution in [0.5, 0.6) is 0 Å². The molecular formula is C11H10FN3O. The molecule has 2 N–H and O–H groups in total. The van der Waals surface area contributed by atoms with Crippen LogP contribution in [-0.4, -0.2) is 9.55 Å². The molecule has 0 spiro atoms. The first-order valence-corrected chi connectivity index (χ1v) is 4.65. The van der Waals surface area contributed by atoms with Crippen LogP contribution in [0.2, 0.25) is 0 Å². The summed E-state index contributed by atoms with van der Waals surface area (Å²) in [6.07, 6.45) is 2.81. The van der Waals surface area contributed by atoms with Gasteiger partial charge in [-0.3, -0.25) is 4.79 Å². The molecule has 0 atom stereocenters. The number of nitrogens with zero attached hydrogens (tertiary/aromatic N) is 2. The van der Waals surface area contributed by atoms with Crippen molar-refractivity contribution in [2.75, 3.05) is 5.73 Å². The first-order chi connectivity index (χ1) is 7.59. The molecule has 2 aromatic rings. The van der Waals surface area contributed by atoms with Crippen molar-refractivity contribution in [2.45, 2.75) is 0 Å². The number of halogens is 1. The molecule has 0 aliphatic carbocycles. The van der Waals surface area contributed by atoms with Crippen LogP contribution in [-0.2, 0) is 7.05 Å². The van der Waals surface area contributed by atoms with Gasteiger partial charge in [0.2, 0.25) is 0 Å². The van der Waals surface area contributed by atoms with Gasteiger partial charge >= 0.3 is 0 Å². The van der Waals surface area contributed by atoms with E-state index in [0.29, 0.717) is 11.1 Å². The molecule has 1 aromatic heterocycles. The zero-order valence-electron chi connectivity index (χ0n) is 8.64. The molecule has 0 amide bonds. The highest BCUT2D eigenvalue weighted by Gasteiger charge is 2.07. The molecule has 5 heteroatoms. The second-order valence-electron chi connectivity index (χ2n) is 3.46. The second kappa shape index (κ2) is 3.77. The number of anilines is 1.